The van der Waals surface area contributed by atoms with Gasteiger partial charge in [-0.2, -0.15) is 0 Å². The van der Waals surface area contributed by atoms with E-state index in [0.29, 0.717) is 0 Å². The highest BCUT2D eigenvalue weighted by molar-refractivity contribution is 5.44. The van der Waals surface area contributed by atoms with Gasteiger partial charge in [0.2, 0.25) is 6.43 Å². The van der Waals surface area contributed by atoms with Crippen LogP contribution >= 0.6 is 0 Å². The number of hydrogen-bond donors (Lipinski definition) is 2. The third-order valence-electron chi connectivity index (χ3n) is 2.05. The minimum absolute atomic E-state index is 0.0468. The van der Waals surface area contributed by atoms with E-state index in [1.165, 1.54) is 0 Å². The number of rotatable bonds is 4. The van der Waals surface area contributed by atoms with Gasteiger partial charge in [-0.1, -0.05) is 0 Å². The normalized spacial score (nSPS) is 12.8. The molecule has 0 aromatic heterocycles. The smallest absolute Gasteiger partial charge is 0.270 e. The summed E-state index contributed by atoms with van der Waals surface area (Å²) in [5.74, 6) is -0.321. The van der Waals surface area contributed by atoms with Crippen LogP contribution in [0.15, 0.2) is 18.2 Å². The van der Waals surface area contributed by atoms with Gasteiger partial charge in [0.1, 0.15) is 5.75 Å². The number of non-ortho nitro benzene ring substituents is 1. The van der Waals surface area contributed by atoms with Gasteiger partial charge in [-0.25, -0.2) is 8.78 Å². The first-order valence-electron chi connectivity index (χ1n) is 4.43. The van der Waals surface area contributed by atoms with Crippen LogP contribution in [0.1, 0.15) is 18.0 Å². The predicted molar refractivity (Wildman–Crippen MR) is 52.3 cm³/mol. The largest absolute Gasteiger partial charge is 0.508 e. The molecular formula is C9H10F2N2O3. The Morgan fingerprint density at radius 2 is 2.12 bits per heavy atom. The van der Waals surface area contributed by atoms with Crippen LogP contribution in [0.25, 0.3) is 0 Å². The van der Waals surface area contributed by atoms with Crippen LogP contribution in [0.4, 0.5) is 14.5 Å². The Bertz CT molecular complexity index is 398. The topological polar surface area (TPSA) is 89.4 Å². The van der Waals surface area contributed by atoms with Crippen LogP contribution in [-0.4, -0.2) is 16.5 Å². The monoisotopic (exact) mass is 232 g/mol. The Morgan fingerprint density at radius 1 is 1.50 bits per heavy atom. The number of aromatic hydroxyl groups is 1. The molecule has 0 saturated heterocycles. The first-order valence-corrected chi connectivity index (χ1v) is 4.43. The Hall–Kier alpha value is -1.76. The number of halogens is 2. The number of nitrogens with zero attached hydrogens (tertiary/aromatic N) is 1. The quantitative estimate of drug-likeness (QED) is 0.613. The Labute approximate surface area is 89.6 Å². The van der Waals surface area contributed by atoms with Crippen molar-refractivity contribution in [1.82, 2.24) is 0 Å². The van der Waals surface area contributed by atoms with E-state index in [4.69, 9.17) is 5.73 Å². The summed E-state index contributed by atoms with van der Waals surface area (Å²) in [6, 6.07) is 2.02. The van der Waals surface area contributed by atoms with E-state index < -0.39 is 23.8 Å². The average Bonchev–Trinajstić information content (AvgIpc) is 2.16. The van der Waals surface area contributed by atoms with Gasteiger partial charge in [-0.3, -0.25) is 10.1 Å². The molecule has 0 amide bonds. The first kappa shape index (κ1) is 12.3. The first-order chi connectivity index (χ1) is 7.41. The third kappa shape index (κ3) is 2.86. The summed E-state index contributed by atoms with van der Waals surface area (Å²) in [5, 5.41) is 19.8. The van der Waals surface area contributed by atoms with E-state index in [0.717, 1.165) is 18.2 Å². The molecule has 3 N–H and O–H groups in total. The van der Waals surface area contributed by atoms with Crippen molar-refractivity contribution < 1.29 is 18.8 Å². The molecule has 5 nitrogen and oxygen atoms in total. The molecule has 0 aliphatic heterocycles. The van der Waals surface area contributed by atoms with Gasteiger partial charge in [0.15, 0.2) is 0 Å². The van der Waals surface area contributed by atoms with Gasteiger partial charge in [0, 0.05) is 30.2 Å². The summed E-state index contributed by atoms with van der Waals surface area (Å²) in [4.78, 5) is 9.76. The molecule has 7 heteroatoms. The Morgan fingerprint density at radius 3 is 2.62 bits per heavy atom. The van der Waals surface area contributed by atoms with Gasteiger partial charge in [0.05, 0.1) is 4.92 Å². The van der Waals surface area contributed by atoms with E-state index in [1.807, 2.05) is 0 Å². The molecule has 1 aromatic rings. The molecule has 16 heavy (non-hydrogen) atoms. The molecular weight excluding hydrogens is 222 g/mol. The molecule has 0 saturated carbocycles. The summed E-state index contributed by atoms with van der Waals surface area (Å²) < 4.78 is 24.1. The molecule has 1 atom stereocenters. The standard InChI is InChI=1S/C9H10F2N2O3/c10-9(11)4-7(12)6-3-5(13(15)16)1-2-8(6)14/h1-3,7,9,14H,4,12H2/t7-/m1/s1. The molecule has 1 aromatic carbocycles. The van der Waals surface area contributed by atoms with Crippen LogP contribution in [0.2, 0.25) is 0 Å². The van der Waals surface area contributed by atoms with Gasteiger partial charge in [-0.15, -0.1) is 0 Å². The van der Waals surface area contributed by atoms with Crippen molar-refractivity contribution in [3.05, 3.63) is 33.9 Å². The van der Waals surface area contributed by atoms with E-state index >= 15 is 0 Å². The molecule has 0 radical (unpaired) electrons. The number of alkyl halides is 2. The second kappa shape index (κ2) is 4.84. The fourth-order valence-corrected chi connectivity index (χ4v) is 1.27. The maximum atomic E-state index is 12.1. The van der Waals surface area contributed by atoms with E-state index in [1.54, 1.807) is 0 Å². The number of phenolic OH excluding ortho intramolecular Hbond substituents is 1. The maximum Gasteiger partial charge on any atom is 0.270 e. The van der Waals surface area contributed by atoms with Crippen molar-refractivity contribution in [3.8, 4) is 5.75 Å². The fraction of sp³-hybridized carbons (Fsp3) is 0.333. The number of nitro benzene ring substituents is 1. The number of hydrogen-bond acceptors (Lipinski definition) is 4. The SMILES string of the molecule is N[C@H](CC(F)F)c1cc([N+](=O)[O-])ccc1O. The zero-order valence-electron chi connectivity index (χ0n) is 8.14. The average molecular weight is 232 g/mol. The highest BCUT2D eigenvalue weighted by Gasteiger charge is 2.19. The fourth-order valence-electron chi connectivity index (χ4n) is 1.27. The molecule has 0 bridgehead atoms. The molecule has 0 unspecified atom stereocenters. The number of nitrogens with two attached hydrogens (primary N) is 1. The van der Waals surface area contributed by atoms with Crippen molar-refractivity contribution >= 4 is 5.69 Å². The molecule has 0 fully saturated rings. The number of nitro groups is 1. The van der Waals surface area contributed by atoms with E-state index in [2.05, 4.69) is 0 Å². The van der Waals surface area contributed by atoms with Gasteiger partial charge in [0.25, 0.3) is 5.69 Å². The Balaban J connectivity index is 3.02. The lowest BCUT2D eigenvalue weighted by molar-refractivity contribution is -0.385. The molecule has 1 rings (SSSR count). The van der Waals surface area contributed by atoms with Crippen molar-refractivity contribution in [1.29, 1.82) is 0 Å². The molecule has 0 aliphatic carbocycles. The van der Waals surface area contributed by atoms with Crippen LogP contribution in [0.5, 0.6) is 5.75 Å². The van der Waals surface area contributed by atoms with Gasteiger partial charge in [-0.05, 0) is 6.07 Å². The zero-order valence-corrected chi connectivity index (χ0v) is 8.14. The summed E-state index contributed by atoms with van der Waals surface area (Å²) in [7, 11) is 0. The lowest BCUT2D eigenvalue weighted by atomic mass is 10.0. The number of phenols is 1. The van der Waals surface area contributed by atoms with Crippen molar-refractivity contribution in [2.75, 3.05) is 0 Å². The van der Waals surface area contributed by atoms with Gasteiger partial charge < -0.3 is 10.8 Å². The Kier molecular flexibility index (Phi) is 3.73. The minimum Gasteiger partial charge on any atom is -0.508 e. The molecule has 0 aliphatic rings. The minimum atomic E-state index is -2.63. The maximum absolute atomic E-state index is 12.1. The van der Waals surface area contributed by atoms with E-state index in [-0.39, 0.29) is 17.0 Å². The summed E-state index contributed by atoms with van der Waals surface area (Å²) in [6.45, 7) is 0. The second-order valence-electron chi connectivity index (χ2n) is 3.23. The van der Waals surface area contributed by atoms with Crippen molar-refractivity contribution in [2.45, 2.75) is 18.9 Å². The summed E-state index contributed by atoms with van der Waals surface area (Å²) in [6.07, 6.45) is -3.29. The molecule has 88 valence electrons. The summed E-state index contributed by atoms with van der Waals surface area (Å²) in [5.41, 5.74) is 5.06. The van der Waals surface area contributed by atoms with Crippen LogP contribution in [-0.2, 0) is 0 Å². The van der Waals surface area contributed by atoms with Crippen molar-refractivity contribution in [3.63, 3.8) is 0 Å². The van der Waals surface area contributed by atoms with Gasteiger partial charge >= 0.3 is 0 Å². The second-order valence-corrected chi connectivity index (χ2v) is 3.23. The summed E-state index contributed by atoms with van der Waals surface area (Å²) >= 11 is 0. The lowest BCUT2D eigenvalue weighted by Gasteiger charge is -2.12. The van der Waals surface area contributed by atoms with Crippen LogP contribution in [0.3, 0.4) is 0 Å². The third-order valence-corrected chi connectivity index (χ3v) is 2.05. The molecule has 0 heterocycles. The van der Waals surface area contributed by atoms with Crippen LogP contribution in [0, 0.1) is 10.1 Å². The zero-order chi connectivity index (χ0) is 12.3. The predicted octanol–water partition coefficient (Wildman–Crippen LogP) is 1.96. The molecule has 0 spiro atoms. The van der Waals surface area contributed by atoms with E-state index in [9.17, 15) is 24.0 Å². The van der Waals surface area contributed by atoms with Crippen LogP contribution < -0.4 is 5.73 Å². The number of benzene rings is 1. The lowest BCUT2D eigenvalue weighted by Crippen LogP contribution is -2.14. The highest BCUT2D eigenvalue weighted by Crippen LogP contribution is 2.29. The highest BCUT2D eigenvalue weighted by atomic mass is 19.3. The van der Waals surface area contributed by atoms with Crippen molar-refractivity contribution in [2.24, 2.45) is 5.73 Å².